The molecule has 0 spiro atoms. The fourth-order valence-corrected chi connectivity index (χ4v) is 3.56. The van der Waals surface area contributed by atoms with Gasteiger partial charge in [-0.05, 0) is 91.3 Å². The van der Waals surface area contributed by atoms with Gasteiger partial charge in [-0.2, -0.15) is 5.10 Å². The lowest BCUT2D eigenvalue weighted by Gasteiger charge is -2.11. The topological polar surface area (TPSA) is 106 Å². The number of anilines is 1. The molecule has 0 saturated heterocycles. The summed E-state index contributed by atoms with van der Waals surface area (Å²) in [6.45, 7) is 2.18. The van der Waals surface area contributed by atoms with Crippen LogP contribution < -0.4 is 20.2 Å². The Bertz CT molecular complexity index is 1490. The van der Waals surface area contributed by atoms with E-state index in [-0.39, 0.29) is 11.7 Å². The van der Waals surface area contributed by atoms with Crippen molar-refractivity contribution in [1.82, 2.24) is 5.43 Å². The van der Waals surface area contributed by atoms with Gasteiger partial charge in [0.25, 0.3) is 11.8 Å². The molecule has 0 fully saturated rings. The Morgan fingerprint density at radius 2 is 1.46 bits per heavy atom. The molecule has 0 unspecified atom stereocenters. The molecule has 9 heteroatoms. The fraction of sp³-hybridized carbons (Fsp3) is 0.0667. The van der Waals surface area contributed by atoms with Crippen molar-refractivity contribution >= 4 is 41.3 Å². The summed E-state index contributed by atoms with van der Waals surface area (Å²) >= 11 is 5.85. The van der Waals surface area contributed by atoms with Crippen molar-refractivity contribution in [3.8, 4) is 11.5 Å². The van der Waals surface area contributed by atoms with E-state index < -0.39 is 11.9 Å². The third kappa shape index (κ3) is 7.53. The van der Waals surface area contributed by atoms with Crippen LogP contribution in [0.25, 0.3) is 0 Å². The van der Waals surface area contributed by atoms with E-state index in [1.165, 1.54) is 6.21 Å². The number of carbonyl (C=O) groups excluding carboxylic acids is 3. The molecule has 0 bridgehead atoms. The Kier molecular flexibility index (Phi) is 9.05. The van der Waals surface area contributed by atoms with E-state index in [4.69, 9.17) is 21.1 Å². The van der Waals surface area contributed by atoms with Crippen LogP contribution in [0.5, 0.6) is 11.5 Å². The van der Waals surface area contributed by atoms with Crippen LogP contribution in [0.4, 0.5) is 5.69 Å². The minimum atomic E-state index is -0.499. The summed E-state index contributed by atoms with van der Waals surface area (Å²) in [6, 6.07) is 26.5. The third-order valence-electron chi connectivity index (χ3n) is 5.37. The molecule has 0 atom stereocenters. The molecular weight excluding hydrogens is 518 g/mol. The number of nitrogens with one attached hydrogen (secondary N) is 2. The van der Waals surface area contributed by atoms with Gasteiger partial charge < -0.3 is 14.8 Å². The van der Waals surface area contributed by atoms with Crippen molar-refractivity contribution in [3.05, 3.63) is 124 Å². The predicted molar refractivity (Wildman–Crippen MR) is 150 cm³/mol. The van der Waals surface area contributed by atoms with Gasteiger partial charge in [-0.25, -0.2) is 10.2 Å². The molecule has 196 valence electrons. The summed E-state index contributed by atoms with van der Waals surface area (Å²) < 4.78 is 11.1. The third-order valence-corrected chi connectivity index (χ3v) is 5.62. The maximum absolute atomic E-state index is 12.5. The zero-order valence-corrected chi connectivity index (χ0v) is 21.6. The van der Waals surface area contributed by atoms with Gasteiger partial charge in [-0.1, -0.05) is 29.8 Å². The number of benzene rings is 4. The van der Waals surface area contributed by atoms with Crippen molar-refractivity contribution in [2.45, 2.75) is 6.92 Å². The molecule has 4 rings (SSSR count). The summed E-state index contributed by atoms with van der Waals surface area (Å²) in [5, 5.41) is 7.31. The number of carbonyl (C=O) groups is 3. The highest BCUT2D eigenvalue weighted by Gasteiger charge is 2.13. The molecule has 2 N–H and O–H groups in total. The first-order valence-corrected chi connectivity index (χ1v) is 12.3. The monoisotopic (exact) mass is 541 g/mol. The van der Waals surface area contributed by atoms with E-state index in [1.807, 2.05) is 13.0 Å². The quantitative estimate of drug-likeness (QED) is 0.117. The number of hydrogen-bond acceptors (Lipinski definition) is 6. The van der Waals surface area contributed by atoms with Crippen LogP contribution >= 0.6 is 11.6 Å². The average molecular weight is 542 g/mol. The normalized spacial score (nSPS) is 10.6. The predicted octanol–water partition coefficient (Wildman–Crippen LogP) is 5.97. The van der Waals surface area contributed by atoms with Crippen LogP contribution in [0.2, 0.25) is 5.02 Å². The number of hydrogen-bond donors (Lipinski definition) is 2. The minimum absolute atomic E-state index is 0.273. The number of esters is 1. The van der Waals surface area contributed by atoms with Crippen LogP contribution in [-0.4, -0.2) is 30.6 Å². The van der Waals surface area contributed by atoms with Gasteiger partial charge in [-0.3, -0.25) is 9.59 Å². The van der Waals surface area contributed by atoms with Crippen molar-refractivity contribution < 1.29 is 23.9 Å². The largest absolute Gasteiger partial charge is 0.490 e. The Balaban J connectivity index is 1.35. The van der Waals surface area contributed by atoms with E-state index in [0.29, 0.717) is 45.3 Å². The summed E-state index contributed by atoms with van der Waals surface area (Å²) in [5.41, 5.74) is 4.86. The van der Waals surface area contributed by atoms with E-state index in [2.05, 4.69) is 15.8 Å². The molecule has 2 amide bonds. The summed E-state index contributed by atoms with van der Waals surface area (Å²) in [5.74, 6) is -0.578. The molecule has 8 nitrogen and oxygen atoms in total. The van der Waals surface area contributed by atoms with E-state index >= 15 is 0 Å². The molecule has 0 radical (unpaired) electrons. The Morgan fingerprint density at radius 3 is 2.15 bits per heavy atom. The van der Waals surface area contributed by atoms with E-state index in [1.54, 1.807) is 91.0 Å². The standard InChI is InChI=1S/C30H24ClN3O5/c1-2-38-27-18-20(8-17-26(27)39-30(37)23-6-4-3-5-7-23)19-32-34-29(36)22-11-15-25(16-12-22)33-28(35)21-9-13-24(31)14-10-21/h3-19H,2H2,1H3,(H,33,35)(H,34,36)/b32-19-. The maximum Gasteiger partial charge on any atom is 0.343 e. The Hall–Kier alpha value is -4.95. The molecule has 0 aliphatic carbocycles. The highest BCUT2D eigenvalue weighted by Crippen LogP contribution is 2.29. The zero-order valence-electron chi connectivity index (χ0n) is 20.9. The molecule has 0 heterocycles. The van der Waals surface area contributed by atoms with Gasteiger partial charge in [0, 0.05) is 21.8 Å². The minimum Gasteiger partial charge on any atom is -0.490 e. The molecule has 0 aliphatic rings. The molecule has 0 aromatic heterocycles. The second-order valence-corrected chi connectivity index (χ2v) is 8.57. The zero-order chi connectivity index (χ0) is 27.6. The van der Waals surface area contributed by atoms with Crippen LogP contribution in [0.15, 0.2) is 102 Å². The van der Waals surface area contributed by atoms with Gasteiger partial charge in [-0.15, -0.1) is 0 Å². The van der Waals surface area contributed by atoms with Crippen molar-refractivity contribution in [2.75, 3.05) is 11.9 Å². The van der Waals surface area contributed by atoms with Crippen molar-refractivity contribution in [3.63, 3.8) is 0 Å². The Morgan fingerprint density at radius 1 is 0.795 bits per heavy atom. The first-order chi connectivity index (χ1) is 18.9. The van der Waals surface area contributed by atoms with Crippen LogP contribution in [-0.2, 0) is 0 Å². The molecule has 0 aliphatic heterocycles. The van der Waals surface area contributed by atoms with Crippen LogP contribution in [0.1, 0.15) is 43.6 Å². The number of ether oxygens (including phenoxy) is 2. The SMILES string of the molecule is CCOc1cc(/C=N\NC(=O)c2ccc(NC(=O)c3ccc(Cl)cc3)cc2)ccc1OC(=O)c1ccccc1. The highest BCUT2D eigenvalue weighted by molar-refractivity contribution is 6.30. The van der Waals surface area contributed by atoms with Gasteiger partial charge in [0.05, 0.1) is 18.4 Å². The Labute approximate surface area is 230 Å². The lowest BCUT2D eigenvalue weighted by molar-refractivity contribution is 0.0728. The number of nitrogens with zero attached hydrogens (tertiary/aromatic N) is 1. The van der Waals surface area contributed by atoms with Crippen LogP contribution in [0, 0.1) is 0 Å². The van der Waals surface area contributed by atoms with Crippen molar-refractivity contribution in [2.24, 2.45) is 5.10 Å². The van der Waals surface area contributed by atoms with Crippen LogP contribution in [0.3, 0.4) is 0 Å². The van der Waals surface area contributed by atoms with E-state index in [9.17, 15) is 14.4 Å². The van der Waals surface area contributed by atoms with Gasteiger partial charge >= 0.3 is 5.97 Å². The van der Waals surface area contributed by atoms with Gasteiger partial charge in [0.1, 0.15) is 0 Å². The second-order valence-electron chi connectivity index (χ2n) is 8.13. The maximum atomic E-state index is 12.5. The number of amides is 2. The number of rotatable bonds is 9. The molecule has 4 aromatic rings. The first-order valence-electron chi connectivity index (χ1n) is 12.0. The fourth-order valence-electron chi connectivity index (χ4n) is 3.43. The summed E-state index contributed by atoms with van der Waals surface area (Å²) in [7, 11) is 0. The number of halogens is 1. The summed E-state index contributed by atoms with van der Waals surface area (Å²) in [6.07, 6.45) is 1.45. The van der Waals surface area contributed by atoms with Crippen molar-refractivity contribution in [1.29, 1.82) is 0 Å². The summed E-state index contributed by atoms with van der Waals surface area (Å²) in [4.78, 5) is 37.2. The highest BCUT2D eigenvalue weighted by atomic mass is 35.5. The molecule has 39 heavy (non-hydrogen) atoms. The smallest absolute Gasteiger partial charge is 0.343 e. The molecule has 0 saturated carbocycles. The lowest BCUT2D eigenvalue weighted by Crippen LogP contribution is -2.18. The second kappa shape index (κ2) is 13.0. The average Bonchev–Trinajstić information content (AvgIpc) is 2.95. The first kappa shape index (κ1) is 27.1. The molecule has 4 aromatic carbocycles. The van der Waals surface area contributed by atoms with Gasteiger partial charge in [0.15, 0.2) is 11.5 Å². The van der Waals surface area contributed by atoms with Gasteiger partial charge in [0.2, 0.25) is 0 Å². The van der Waals surface area contributed by atoms with E-state index in [0.717, 1.165) is 0 Å². The molecular formula is C30H24ClN3O5. The lowest BCUT2D eigenvalue weighted by atomic mass is 10.1. The number of hydrazone groups is 1.